The van der Waals surface area contributed by atoms with Crippen LogP contribution < -0.4 is 19.1 Å². The van der Waals surface area contributed by atoms with E-state index in [0.717, 1.165) is 29.4 Å². The van der Waals surface area contributed by atoms with Crippen LogP contribution in [0, 0.1) is 6.92 Å². The van der Waals surface area contributed by atoms with Gasteiger partial charge in [-0.3, -0.25) is 0 Å². The Morgan fingerprint density at radius 3 is 2.65 bits per heavy atom. The molecule has 4 nitrogen and oxygen atoms in total. The Bertz CT molecular complexity index is 669. The molecular weight excluding hydrogens is 254 g/mol. The molecule has 0 unspecified atom stereocenters. The van der Waals surface area contributed by atoms with Crippen LogP contribution in [0.25, 0.3) is 0 Å². The molecule has 4 heteroatoms. The van der Waals surface area contributed by atoms with Gasteiger partial charge in [0, 0.05) is 23.9 Å². The van der Waals surface area contributed by atoms with Gasteiger partial charge in [-0.05, 0) is 30.7 Å². The molecule has 0 N–H and O–H groups in total. The molecule has 0 aromatic heterocycles. The minimum Gasteiger partial charge on any atom is -0.473 e. The first-order chi connectivity index (χ1) is 9.79. The first-order valence-electron chi connectivity index (χ1n) is 6.66. The third-order valence-corrected chi connectivity index (χ3v) is 3.66. The molecule has 0 bridgehead atoms. The molecule has 2 heterocycles. The van der Waals surface area contributed by atoms with Gasteiger partial charge >= 0.3 is 0 Å². The van der Waals surface area contributed by atoms with E-state index in [4.69, 9.17) is 14.2 Å². The van der Waals surface area contributed by atoms with Crippen LogP contribution in [-0.4, -0.2) is 13.5 Å². The molecule has 0 radical (unpaired) electrons. The monoisotopic (exact) mass is 269 g/mol. The minimum absolute atomic E-state index is 0.291. The summed E-state index contributed by atoms with van der Waals surface area (Å²) in [6.07, 6.45) is 0. The van der Waals surface area contributed by atoms with Crippen molar-refractivity contribution in [1.29, 1.82) is 0 Å². The maximum Gasteiger partial charge on any atom is 0.231 e. The van der Waals surface area contributed by atoms with Crippen LogP contribution >= 0.6 is 0 Å². The minimum atomic E-state index is 0.291. The van der Waals surface area contributed by atoms with Gasteiger partial charge in [-0.15, -0.1) is 0 Å². The molecular formula is C16H15NO3. The van der Waals surface area contributed by atoms with Crippen LogP contribution in [0.4, 0.5) is 5.69 Å². The smallest absolute Gasteiger partial charge is 0.231 e. The Morgan fingerprint density at radius 1 is 0.950 bits per heavy atom. The number of hydrogen-bond acceptors (Lipinski definition) is 4. The SMILES string of the molecule is Cc1cccc(N2COc3cc4c(cc3C2)OCO4)c1. The van der Waals surface area contributed by atoms with E-state index in [1.165, 1.54) is 11.3 Å². The van der Waals surface area contributed by atoms with E-state index in [1.54, 1.807) is 0 Å². The third-order valence-electron chi connectivity index (χ3n) is 3.66. The number of ether oxygens (including phenoxy) is 3. The molecule has 0 spiro atoms. The first-order valence-corrected chi connectivity index (χ1v) is 6.66. The van der Waals surface area contributed by atoms with Crippen LogP contribution in [-0.2, 0) is 6.54 Å². The zero-order chi connectivity index (χ0) is 13.5. The maximum absolute atomic E-state index is 5.85. The molecule has 0 saturated carbocycles. The van der Waals surface area contributed by atoms with Gasteiger partial charge in [-0.1, -0.05) is 12.1 Å². The van der Waals surface area contributed by atoms with Crippen LogP contribution in [0.3, 0.4) is 0 Å². The lowest BCUT2D eigenvalue weighted by atomic mass is 10.1. The fourth-order valence-electron chi connectivity index (χ4n) is 2.61. The van der Waals surface area contributed by atoms with E-state index in [0.29, 0.717) is 13.5 Å². The predicted octanol–water partition coefficient (Wildman–Crippen LogP) is 3.08. The molecule has 0 aliphatic carbocycles. The van der Waals surface area contributed by atoms with Crippen molar-refractivity contribution in [3.05, 3.63) is 47.5 Å². The highest BCUT2D eigenvalue weighted by molar-refractivity contribution is 5.56. The van der Waals surface area contributed by atoms with Crippen molar-refractivity contribution in [3.8, 4) is 17.2 Å². The molecule has 0 fully saturated rings. The summed E-state index contributed by atoms with van der Waals surface area (Å²) < 4.78 is 16.7. The fourth-order valence-corrected chi connectivity index (χ4v) is 2.61. The van der Waals surface area contributed by atoms with E-state index >= 15 is 0 Å². The van der Waals surface area contributed by atoms with E-state index < -0.39 is 0 Å². The topological polar surface area (TPSA) is 30.9 Å². The third kappa shape index (κ3) is 1.84. The molecule has 0 saturated heterocycles. The number of nitrogens with zero attached hydrogens (tertiary/aromatic N) is 1. The summed E-state index contributed by atoms with van der Waals surface area (Å²) in [4.78, 5) is 2.21. The van der Waals surface area contributed by atoms with Gasteiger partial charge in [-0.2, -0.15) is 0 Å². The zero-order valence-electron chi connectivity index (χ0n) is 11.3. The van der Waals surface area contributed by atoms with Gasteiger partial charge < -0.3 is 19.1 Å². The lowest BCUT2D eigenvalue weighted by molar-refractivity contribution is 0.174. The summed E-state index contributed by atoms with van der Waals surface area (Å²) in [7, 11) is 0. The van der Waals surface area contributed by atoms with Crippen molar-refractivity contribution in [2.75, 3.05) is 18.4 Å². The number of aryl methyl sites for hydroxylation is 1. The van der Waals surface area contributed by atoms with Gasteiger partial charge in [0.15, 0.2) is 18.2 Å². The predicted molar refractivity (Wildman–Crippen MR) is 75.4 cm³/mol. The Kier molecular flexibility index (Phi) is 2.49. The Labute approximate surface area is 117 Å². The maximum atomic E-state index is 5.85. The lowest BCUT2D eigenvalue weighted by Gasteiger charge is -2.31. The van der Waals surface area contributed by atoms with Crippen molar-refractivity contribution < 1.29 is 14.2 Å². The number of anilines is 1. The van der Waals surface area contributed by atoms with Gasteiger partial charge in [0.25, 0.3) is 0 Å². The second-order valence-electron chi connectivity index (χ2n) is 5.12. The molecule has 0 atom stereocenters. The average Bonchev–Trinajstić information content (AvgIpc) is 2.91. The Morgan fingerprint density at radius 2 is 1.80 bits per heavy atom. The molecule has 0 amide bonds. The van der Waals surface area contributed by atoms with Gasteiger partial charge in [0.05, 0.1) is 0 Å². The van der Waals surface area contributed by atoms with Crippen molar-refractivity contribution in [2.24, 2.45) is 0 Å². The Balaban J connectivity index is 1.66. The summed E-state index contributed by atoms with van der Waals surface area (Å²) in [6, 6.07) is 12.4. The van der Waals surface area contributed by atoms with Crippen LogP contribution in [0.1, 0.15) is 11.1 Å². The van der Waals surface area contributed by atoms with Gasteiger partial charge in [-0.25, -0.2) is 0 Å². The van der Waals surface area contributed by atoms with Gasteiger partial charge in [0.1, 0.15) is 5.75 Å². The number of hydrogen-bond donors (Lipinski definition) is 0. The summed E-state index contributed by atoms with van der Waals surface area (Å²) in [5.41, 5.74) is 3.55. The van der Waals surface area contributed by atoms with Crippen LogP contribution in [0.15, 0.2) is 36.4 Å². The largest absolute Gasteiger partial charge is 0.473 e. The summed E-state index contributed by atoms with van der Waals surface area (Å²) in [6.45, 7) is 3.76. The Hall–Kier alpha value is -2.36. The first kappa shape index (κ1) is 11.5. The van der Waals surface area contributed by atoms with Crippen molar-refractivity contribution in [1.82, 2.24) is 0 Å². The molecule has 102 valence electrons. The highest BCUT2D eigenvalue weighted by atomic mass is 16.7. The van der Waals surface area contributed by atoms with Crippen LogP contribution in [0.2, 0.25) is 0 Å². The molecule has 2 aromatic carbocycles. The summed E-state index contributed by atoms with van der Waals surface area (Å²) in [5, 5.41) is 0. The fraction of sp³-hybridized carbons (Fsp3) is 0.250. The van der Waals surface area contributed by atoms with Crippen molar-refractivity contribution in [3.63, 3.8) is 0 Å². The average molecular weight is 269 g/mol. The molecule has 2 aliphatic heterocycles. The molecule has 4 rings (SSSR count). The standard InChI is InChI=1S/C16H15NO3/c1-11-3-2-4-13(5-11)17-8-12-6-15-16(20-10-19-15)7-14(12)18-9-17/h2-7H,8-10H2,1H3. The second kappa shape index (κ2) is 4.34. The quantitative estimate of drug-likeness (QED) is 0.796. The van der Waals surface area contributed by atoms with Gasteiger partial charge in [0.2, 0.25) is 6.79 Å². The summed E-state index contributed by atoms with van der Waals surface area (Å²) >= 11 is 0. The molecule has 2 aliphatic rings. The summed E-state index contributed by atoms with van der Waals surface area (Å²) in [5.74, 6) is 2.46. The van der Waals surface area contributed by atoms with Crippen molar-refractivity contribution >= 4 is 5.69 Å². The highest BCUT2D eigenvalue weighted by Crippen LogP contribution is 2.40. The van der Waals surface area contributed by atoms with Crippen LogP contribution in [0.5, 0.6) is 17.2 Å². The molecule has 20 heavy (non-hydrogen) atoms. The van der Waals surface area contributed by atoms with E-state index in [1.807, 2.05) is 12.1 Å². The normalized spacial score (nSPS) is 15.8. The number of benzene rings is 2. The van der Waals surface area contributed by atoms with E-state index in [2.05, 4.69) is 36.1 Å². The van der Waals surface area contributed by atoms with Crippen molar-refractivity contribution in [2.45, 2.75) is 13.5 Å². The highest BCUT2D eigenvalue weighted by Gasteiger charge is 2.23. The number of rotatable bonds is 1. The molecule has 2 aromatic rings. The number of fused-ring (bicyclic) bond motifs is 2. The van der Waals surface area contributed by atoms with E-state index in [-0.39, 0.29) is 0 Å². The second-order valence-corrected chi connectivity index (χ2v) is 5.12. The lowest BCUT2D eigenvalue weighted by Crippen LogP contribution is -2.31. The van der Waals surface area contributed by atoms with E-state index in [9.17, 15) is 0 Å². The zero-order valence-corrected chi connectivity index (χ0v) is 11.3.